The highest BCUT2D eigenvalue weighted by atomic mass is 16.5. The van der Waals surface area contributed by atoms with Gasteiger partial charge in [0, 0.05) is 57.6 Å². The predicted molar refractivity (Wildman–Crippen MR) is 119 cm³/mol. The van der Waals surface area contributed by atoms with Crippen molar-refractivity contribution in [3.8, 4) is 5.75 Å². The first kappa shape index (κ1) is 21.3. The van der Waals surface area contributed by atoms with Crippen molar-refractivity contribution in [2.75, 3.05) is 26.2 Å². The molecule has 0 saturated carbocycles. The summed E-state index contributed by atoms with van der Waals surface area (Å²) in [5.74, 6) is 1.19. The van der Waals surface area contributed by atoms with Crippen molar-refractivity contribution in [1.29, 1.82) is 0 Å². The molecular weight excluding hydrogens is 390 g/mol. The first-order valence-electron chi connectivity index (χ1n) is 11.3. The van der Waals surface area contributed by atoms with E-state index in [0.29, 0.717) is 25.2 Å². The van der Waals surface area contributed by atoms with Gasteiger partial charge in [0.05, 0.1) is 0 Å². The average Bonchev–Trinajstić information content (AvgIpc) is 2.80. The lowest BCUT2D eigenvalue weighted by molar-refractivity contribution is -0.131. The van der Waals surface area contributed by atoms with Gasteiger partial charge in [-0.2, -0.15) is 0 Å². The topological polar surface area (TPSA) is 62.7 Å². The Morgan fingerprint density at radius 2 is 1.81 bits per heavy atom. The Hall–Kier alpha value is -2.89. The van der Waals surface area contributed by atoms with Crippen LogP contribution in [0, 0.1) is 0 Å². The van der Waals surface area contributed by atoms with Crippen LogP contribution in [0.1, 0.15) is 61.5 Å². The summed E-state index contributed by atoms with van der Waals surface area (Å²) < 4.78 is 6.54. The van der Waals surface area contributed by atoms with Crippen LogP contribution in [0.5, 0.6) is 5.75 Å². The number of likely N-dealkylation sites (tertiary alicyclic amines) is 1. The Bertz CT molecular complexity index is 919. The van der Waals surface area contributed by atoms with Crippen LogP contribution in [0.4, 0.5) is 0 Å². The molecule has 1 spiro atoms. The third kappa shape index (κ3) is 4.43. The minimum Gasteiger partial charge on any atom is -0.487 e. The van der Waals surface area contributed by atoms with Gasteiger partial charge in [-0.25, -0.2) is 0 Å². The van der Waals surface area contributed by atoms with Crippen molar-refractivity contribution in [2.45, 2.75) is 51.0 Å². The number of nitrogens with zero attached hydrogens (tertiary/aromatic N) is 3. The molecule has 4 rings (SSSR count). The number of hydrogen-bond donors (Lipinski definition) is 0. The van der Waals surface area contributed by atoms with E-state index < -0.39 is 0 Å². The van der Waals surface area contributed by atoms with Gasteiger partial charge >= 0.3 is 0 Å². The highest BCUT2D eigenvalue weighted by Gasteiger charge is 2.44. The molecule has 1 atom stereocenters. The van der Waals surface area contributed by atoms with Gasteiger partial charge in [0.2, 0.25) is 5.91 Å². The van der Waals surface area contributed by atoms with Crippen LogP contribution in [0.25, 0.3) is 0 Å². The summed E-state index contributed by atoms with van der Waals surface area (Å²) >= 11 is 0. The van der Waals surface area contributed by atoms with E-state index in [0.717, 1.165) is 43.7 Å². The van der Waals surface area contributed by atoms with Crippen LogP contribution in [0.15, 0.2) is 48.7 Å². The monoisotopic (exact) mass is 421 g/mol. The quantitative estimate of drug-likeness (QED) is 0.735. The van der Waals surface area contributed by atoms with Gasteiger partial charge in [-0.1, -0.05) is 24.3 Å². The van der Waals surface area contributed by atoms with Crippen LogP contribution in [0.3, 0.4) is 0 Å². The normalized spacial score (nSPS) is 19.4. The Morgan fingerprint density at radius 1 is 1.10 bits per heavy atom. The molecule has 2 aliphatic rings. The predicted octanol–water partition coefficient (Wildman–Crippen LogP) is 3.88. The highest BCUT2D eigenvalue weighted by molar-refractivity contribution is 5.92. The summed E-state index contributed by atoms with van der Waals surface area (Å²) in [6, 6.07) is 13.5. The average molecular weight is 422 g/mol. The van der Waals surface area contributed by atoms with E-state index in [9.17, 15) is 9.59 Å². The molecule has 31 heavy (non-hydrogen) atoms. The SMILES string of the molecule is CCN(CC)C(=O)C[C@H]1CC2(CCN(C(=O)c3ccccn3)CC2)Oc2ccccc21. The number of pyridine rings is 1. The molecule has 2 aliphatic heterocycles. The van der Waals surface area contributed by atoms with E-state index in [1.54, 1.807) is 12.3 Å². The molecule has 2 amide bonds. The third-order valence-corrected chi connectivity index (χ3v) is 6.69. The Kier molecular flexibility index (Phi) is 6.25. The number of piperidine rings is 1. The maximum Gasteiger partial charge on any atom is 0.272 e. The summed E-state index contributed by atoms with van der Waals surface area (Å²) in [5, 5.41) is 0. The van der Waals surface area contributed by atoms with Crippen LogP contribution in [0.2, 0.25) is 0 Å². The minimum absolute atomic E-state index is 0.0279. The summed E-state index contributed by atoms with van der Waals surface area (Å²) in [7, 11) is 0. The molecule has 0 aliphatic carbocycles. The molecule has 2 aromatic rings. The standard InChI is InChI=1S/C25H31N3O3/c1-3-27(4-2)23(29)17-19-18-25(31-22-11-6-5-9-20(19)22)12-15-28(16-13-25)24(30)21-10-7-8-14-26-21/h5-11,14,19H,3-4,12-13,15-18H2,1-2H3/t19-/m0/s1. The van der Waals surface area contributed by atoms with E-state index in [1.165, 1.54) is 0 Å². The van der Waals surface area contributed by atoms with E-state index in [1.807, 2.05) is 54.0 Å². The molecule has 0 unspecified atom stereocenters. The maximum atomic E-state index is 12.9. The number of benzene rings is 1. The van der Waals surface area contributed by atoms with Crippen molar-refractivity contribution >= 4 is 11.8 Å². The Balaban J connectivity index is 1.50. The zero-order valence-corrected chi connectivity index (χ0v) is 18.4. The first-order chi connectivity index (χ1) is 15.0. The number of para-hydroxylation sites is 1. The van der Waals surface area contributed by atoms with E-state index in [2.05, 4.69) is 11.1 Å². The van der Waals surface area contributed by atoms with Gasteiger partial charge in [0.15, 0.2) is 0 Å². The van der Waals surface area contributed by atoms with E-state index in [4.69, 9.17) is 4.74 Å². The van der Waals surface area contributed by atoms with Crippen molar-refractivity contribution in [3.63, 3.8) is 0 Å². The molecule has 6 heteroatoms. The van der Waals surface area contributed by atoms with E-state index >= 15 is 0 Å². The molecule has 0 bridgehead atoms. The van der Waals surface area contributed by atoms with Gasteiger partial charge < -0.3 is 14.5 Å². The molecule has 1 aromatic carbocycles. The lowest BCUT2D eigenvalue weighted by atomic mass is 9.76. The number of hydrogen-bond acceptors (Lipinski definition) is 4. The number of amides is 2. The second-order valence-electron chi connectivity index (χ2n) is 8.50. The molecule has 0 N–H and O–H groups in total. The molecule has 0 radical (unpaired) electrons. The fraction of sp³-hybridized carbons (Fsp3) is 0.480. The maximum absolute atomic E-state index is 12.9. The van der Waals surface area contributed by atoms with Gasteiger partial charge in [0.25, 0.3) is 5.91 Å². The van der Waals surface area contributed by atoms with E-state index in [-0.39, 0.29) is 23.3 Å². The fourth-order valence-electron chi connectivity index (χ4n) is 4.92. The Morgan fingerprint density at radius 3 is 2.48 bits per heavy atom. The second kappa shape index (κ2) is 9.08. The Labute approximate surface area is 184 Å². The lowest BCUT2D eigenvalue weighted by Crippen LogP contribution is -2.52. The second-order valence-corrected chi connectivity index (χ2v) is 8.50. The number of rotatable bonds is 5. The summed E-state index contributed by atoms with van der Waals surface area (Å²) in [6.45, 7) is 6.78. The van der Waals surface area contributed by atoms with Crippen LogP contribution < -0.4 is 4.74 Å². The smallest absolute Gasteiger partial charge is 0.272 e. The number of carbonyl (C=O) groups is 2. The van der Waals surface area contributed by atoms with Crippen LogP contribution >= 0.6 is 0 Å². The summed E-state index contributed by atoms with van der Waals surface area (Å²) in [5.41, 5.74) is 1.28. The van der Waals surface area contributed by atoms with Crippen molar-refractivity contribution < 1.29 is 14.3 Å². The number of aromatic nitrogens is 1. The molecular formula is C25H31N3O3. The minimum atomic E-state index is -0.330. The highest BCUT2D eigenvalue weighted by Crippen LogP contribution is 2.46. The molecule has 1 fully saturated rings. The third-order valence-electron chi connectivity index (χ3n) is 6.69. The number of fused-ring (bicyclic) bond motifs is 1. The van der Waals surface area contributed by atoms with Gasteiger partial charge in [-0.15, -0.1) is 0 Å². The largest absolute Gasteiger partial charge is 0.487 e. The van der Waals surface area contributed by atoms with Crippen molar-refractivity contribution in [2.24, 2.45) is 0 Å². The lowest BCUT2D eigenvalue weighted by Gasteiger charge is -2.47. The number of carbonyl (C=O) groups excluding carboxylic acids is 2. The zero-order valence-electron chi connectivity index (χ0n) is 18.4. The summed E-state index contributed by atoms with van der Waals surface area (Å²) in [4.78, 5) is 33.6. The first-order valence-corrected chi connectivity index (χ1v) is 11.3. The molecule has 1 aromatic heterocycles. The fourth-order valence-corrected chi connectivity index (χ4v) is 4.92. The van der Waals surface area contributed by atoms with Gasteiger partial charge in [-0.3, -0.25) is 14.6 Å². The zero-order chi connectivity index (χ0) is 21.8. The molecule has 3 heterocycles. The molecule has 1 saturated heterocycles. The number of ether oxygens (including phenoxy) is 1. The molecule has 6 nitrogen and oxygen atoms in total. The van der Waals surface area contributed by atoms with Crippen molar-refractivity contribution in [3.05, 3.63) is 59.9 Å². The van der Waals surface area contributed by atoms with Crippen LogP contribution in [-0.2, 0) is 4.79 Å². The van der Waals surface area contributed by atoms with Crippen molar-refractivity contribution in [1.82, 2.24) is 14.8 Å². The van der Waals surface area contributed by atoms with Gasteiger partial charge in [-0.05, 0) is 44.0 Å². The van der Waals surface area contributed by atoms with Gasteiger partial charge in [0.1, 0.15) is 17.0 Å². The molecule has 164 valence electrons. The summed E-state index contributed by atoms with van der Waals surface area (Å²) in [6.07, 6.45) is 4.48. The van der Waals surface area contributed by atoms with Crippen LogP contribution in [-0.4, -0.2) is 58.4 Å².